The van der Waals surface area contributed by atoms with E-state index in [0.717, 1.165) is 11.6 Å². The highest BCUT2D eigenvalue weighted by Gasteiger charge is 2.14. The van der Waals surface area contributed by atoms with Crippen molar-refractivity contribution in [3.63, 3.8) is 0 Å². The Balaban J connectivity index is 2.11. The second kappa shape index (κ2) is 4.66. The Bertz CT molecular complexity index is 691. The normalized spacial score (nSPS) is 11.2. The minimum Gasteiger partial charge on any atom is -0.206 e. The first-order chi connectivity index (χ1) is 8.79. The maximum Gasteiger partial charge on any atom is 0.235 e. The van der Waals surface area contributed by atoms with Crippen LogP contribution in [0.25, 0.3) is 15.5 Å². The minimum absolute atomic E-state index is 0.270. The number of aromatic nitrogens is 4. The van der Waals surface area contributed by atoms with Gasteiger partial charge in [0, 0.05) is 5.56 Å². The van der Waals surface area contributed by atoms with Gasteiger partial charge in [0.25, 0.3) is 0 Å². The maximum absolute atomic E-state index is 13.7. The molecule has 2 aromatic heterocycles. The lowest BCUT2D eigenvalue weighted by molar-refractivity contribution is 0.630. The molecule has 4 nitrogen and oxygen atoms in total. The smallest absolute Gasteiger partial charge is 0.206 e. The third-order valence-corrected chi connectivity index (χ3v) is 3.91. The van der Waals surface area contributed by atoms with E-state index in [1.54, 1.807) is 34.5 Å². The molecule has 0 atom stereocenters. The highest BCUT2D eigenvalue weighted by molar-refractivity contribution is 7.97. The summed E-state index contributed by atoms with van der Waals surface area (Å²) in [5, 5.41) is 13.1. The summed E-state index contributed by atoms with van der Waals surface area (Å²) in [5.74, 6) is 1.26. The summed E-state index contributed by atoms with van der Waals surface area (Å²) >= 11 is 2.99. The van der Waals surface area contributed by atoms with Gasteiger partial charge >= 0.3 is 0 Å². The molecule has 0 radical (unpaired) electrons. The van der Waals surface area contributed by atoms with Gasteiger partial charge in [-0.2, -0.15) is 21.4 Å². The van der Waals surface area contributed by atoms with E-state index in [1.165, 1.54) is 17.4 Å². The summed E-state index contributed by atoms with van der Waals surface area (Å²) in [6.45, 7) is 0. The largest absolute Gasteiger partial charge is 0.235 e. The predicted molar refractivity (Wildman–Crippen MR) is 71.3 cm³/mol. The lowest BCUT2D eigenvalue weighted by Crippen LogP contribution is -1.94. The Morgan fingerprint density at radius 2 is 2.17 bits per heavy atom. The van der Waals surface area contributed by atoms with E-state index >= 15 is 0 Å². The molecular formula is C11H9FN4S2. The van der Waals surface area contributed by atoms with Crippen LogP contribution in [0.5, 0.6) is 0 Å². The summed E-state index contributed by atoms with van der Waals surface area (Å²) in [5.41, 5.74) is 0.503. The van der Waals surface area contributed by atoms with Crippen LogP contribution in [-0.4, -0.2) is 26.1 Å². The molecule has 3 rings (SSSR count). The van der Waals surface area contributed by atoms with Crippen LogP contribution in [0.1, 0.15) is 5.82 Å². The topological polar surface area (TPSA) is 43.1 Å². The quantitative estimate of drug-likeness (QED) is 0.740. The van der Waals surface area contributed by atoms with Crippen molar-refractivity contribution in [1.29, 1.82) is 0 Å². The predicted octanol–water partition coefficient (Wildman–Crippen LogP) is 2.85. The van der Waals surface area contributed by atoms with E-state index in [9.17, 15) is 4.39 Å². The molecule has 0 saturated heterocycles. The summed E-state index contributed by atoms with van der Waals surface area (Å²) < 4.78 is 15.4. The van der Waals surface area contributed by atoms with Crippen molar-refractivity contribution in [2.75, 3.05) is 6.26 Å². The molecule has 0 unspecified atom stereocenters. The van der Waals surface area contributed by atoms with Gasteiger partial charge in [0.2, 0.25) is 4.96 Å². The lowest BCUT2D eigenvalue weighted by atomic mass is 10.2. The number of hydrogen-bond acceptors (Lipinski definition) is 5. The Labute approximate surface area is 111 Å². The molecule has 0 aliphatic heterocycles. The van der Waals surface area contributed by atoms with Crippen molar-refractivity contribution in [3.8, 4) is 10.6 Å². The molecule has 0 bridgehead atoms. The monoisotopic (exact) mass is 280 g/mol. The average Bonchev–Trinajstić information content (AvgIpc) is 2.92. The molecule has 0 aliphatic rings. The summed E-state index contributed by atoms with van der Waals surface area (Å²) in [7, 11) is 0. The van der Waals surface area contributed by atoms with Crippen molar-refractivity contribution in [2.24, 2.45) is 0 Å². The number of hydrogen-bond donors (Lipinski definition) is 0. The van der Waals surface area contributed by atoms with E-state index in [2.05, 4.69) is 15.3 Å². The van der Waals surface area contributed by atoms with Crippen LogP contribution < -0.4 is 0 Å². The lowest BCUT2D eigenvalue weighted by Gasteiger charge is -1.96. The Morgan fingerprint density at radius 3 is 2.94 bits per heavy atom. The zero-order chi connectivity index (χ0) is 12.5. The SMILES string of the molecule is CSCc1nnc2sc(-c3ccccc3F)nn12. The fraction of sp³-hybridized carbons (Fsp3) is 0.182. The Morgan fingerprint density at radius 1 is 1.33 bits per heavy atom. The van der Waals surface area contributed by atoms with Crippen LogP contribution in [0.3, 0.4) is 0 Å². The minimum atomic E-state index is -0.270. The fourth-order valence-corrected chi connectivity index (χ4v) is 2.94. The highest BCUT2D eigenvalue weighted by Crippen LogP contribution is 2.27. The van der Waals surface area contributed by atoms with Gasteiger partial charge in [-0.3, -0.25) is 0 Å². The van der Waals surface area contributed by atoms with Gasteiger partial charge in [-0.25, -0.2) is 4.39 Å². The van der Waals surface area contributed by atoms with Gasteiger partial charge in [0.1, 0.15) is 5.82 Å². The summed E-state index contributed by atoms with van der Waals surface area (Å²) in [4.78, 5) is 0.692. The van der Waals surface area contributed by atoms with Gasteiger partial charge in [-0.15, -0.1) is 10.2 Å². The van der Waals surface area contributed by atoms with E-state index in [1.807, 2.05) is 6.26 Å². The van der Waals surface area contributed by atoms with Crippen LogP contribution in [-0.2, 0) is 5.75 Å². The van der Waals surface area contributed by atoms with E-state index in [0.29, 0.717) is 15.5 Å². The first kappa shape index (κ1) is 11.6. The third-order valence-electron chi connectivity index (χ3n) is 2.43. The number of halogens is 1. The van der Waals surface area contributed by atoms with Crippen molar-refractivity contribution in [1.82, 2.24) is 19.8 Å². The first-order valence-electron chi connectivity index (χ1n) is 5.24. The van der Waals surface area contributed by atoms with Crippen LogP contribution in [0, 0.1) is 5.82 Å². The van der Waals surface area contributed by atoms with E-state index in [-0.39, 0.29) is 5.82 Å². The molecule has 92 valence electrons. The Kier molecular flexibility index (Phi) is 3.00. The van der Waals surface area contributed by atoms with Gasteiger partial charge < -0.3 is 0 Å². The Hall–Kier alpha value is -1.47. The van der Waals surface area contributed by atoms with Crippen molar-refractivity contribution in [2.45, 2.75) is 5.75 Å². The summed E-state index contributed by atoms with van der Waals surface area (Å²) in [6.07, 6.45) is 1.99. The summed E-state index contributed by atoms with van der Waals surface area (Å²) in [6, 6.07) is 6.61. The molecule has 0 N–H and O–H groups in total. The number of rotatable bonds is 3. The molecule has 0 amide bonds. The van der Waals surface area contributed by atoms with Gasteiger partial charge in [0.05, 0.1) is 5.75 Å². The van der Waals surface area contributed by atoms with Crippen molar-refractivity contribution >= 4 is 28.1 Å². The van der Waals surface area contributed by atoms with Crippen LogP contribution in [0.15, 0.2) is 24.3 Å². The van der Waals surface area contributed by atoms with E-state index in [4.69, 9.17) is 0 Å². The molecule has 18 heavy (non-hydrogen) atoms. The molecule has 0 saturated carbocycles. The molecular weight excluding hydrogens is 271 g/mol. The average molecular weight is 280 g/mol. The van der Waals surface area contributed by atoms with E-state index < -0.39 is 0 Å². The van der Waals surface area contributed by atoms with Gasteiger partial charge in [0.15, 0.2) is 10.8 Å². The molecule has 7 heteroatoms. The number of thioether (sulfide) groups is 1. The number of benzene rings is 1. The van der Waals surface area contributed by atoms with Crippen molar-refractivity contribution < 1.29 is 4.39 Å². The first-order valence-corrected chi connectivity index (χ1v) is 7.45. The molecule has 0 spiro atoms. The van der Waals surface area contributed by atoms with Crippen molar-refractivity contribution in [3.05, 3.63) is 35.9 Å². The van der Waals surface area contributed by atoms with Gasteiger partial charge in [-0.1, -0.05) is 23.5 Å². The molecule has 0 aliphatic carbocycles. The maximum atomic E-state index is 13.7. The standard InChI is InChI=1S/C11H9FN4S2/c1-17-6-9-13-14-11-16(9)15-10(18-11)7-4-2-3-5-8(7)12/h2-5H,6H2,1H3. The van der Waals surface area contributed by atoms with Gasteiger partial charge in [-0.05, 0) is 18.4 Å². The number of fused-ring (bicyclic) bond motifs is 1. The molecule has 2 heterocycles. The fourth-order valence-electron chi connectivity index (χ4n) is 1.62. The van der Waals surface area contributed by atoms with Crippen LogP contribution in [0.2, 0.25) is 0 Å². The molecule has 1 aromatic carbocycles. The second-order valence-corrected chi connectivity index (χ2v) is 5.45. The zero-order valence-electron chi connectivity index (χ0n) is 9.50. The zero-order valence-corrected chi connectivity index (χ0v) is 11.1. The third kappa shape index (κ3) is 1.89. The molecule has 3 aromatic rings. The second-order valence-electron chi connectivity index (χ2n) is 3.63. The number of nitrogens with zero attached hydrogens (tertiary/aromatic N) is 4. The molecule has 0 fully saturated rings. The van der Waals surface area contributed by atoms with Crippen LogP contribution in [0.4, 0.5) is 4.39 Å². The highest BCUT2D eigenvalue weighted by atomic mass is 32.2. The van der Waals surface area contributed by atoms with Crippen LogP contribution >= 0.6 is 23.1 Å².